The zero-order valence-electron chi connectivity index (χ0n) is 6.33. The van der Waals surface area contributed by atoms with Crippen molar-refractivity contribution in [2.24, 2.45) is 0 Å². The average molecular weight is 133 g/mol. The summed E-state index contributed by atoms with van der Waals surface area (Å²) in [6, 6.07) is 2.06. The van der Waals surface area contributed by atoms with E-state index in [4.69, 9.17) is 5.26 Å². The van der Waals surface area contributed by atoms with E-state index in [1.165, 1.54) is 0 Å². The molecule has 0 atom stereocenters. The highest BCUT2D eigenvalue weighted by Crippen LogP contribution is 1.94. The Hall–Kier alpha value is -1.29. The Morgan fingerprint density at radius 3 is 2.40 bits per heavy atom. The van der Waals surface area contributed by atoms with Crippen LogP contribution in [0.1, 0.15) is 13.8 Å². The highest BCUT2D eigenvalue weighted by Gasteiger charge is 1.81. The first-order chi connectivity index (χ1) is 4.85. The van der Waals surface area contributed by atoms with Gasteiger partial charge >= 0.3 is 0 Å². The Labute approximate surface area is 62.0 Å². The Balaban J connectivity index is 4.22. The normalized spacial score (nSPS) is 12.7. The molecule has 0 saturated heterocycles. The van der Waals surface area contributed by atoms with Gasteiger partial charge < -0.3 is 0 Å². The topological polar surface area (TPSA) is 23.8 Å². The molecule has 0 aromatic heterocycles. The third-order valence-electron chi connectivity index (χ3n) is 0.944. The van der Waals surface area contributed by atoms with Crippen molar-refractivity contribution in [2.75, 3.05) is 0 Å². The van der Waals surface area contributed by atoms with Crippen molar-refractivity contribution >= 4 is 0 Å². The third-order valence-corrected chi connectivity index (χ3v) is 0.944. The summed E-state index contributed by atoms with van der Waals surface area (Å²) < 4.78 is 0. The molecule has 0 saturated carbocycles. The Morgan fingerprint density at radius 2 is 2.00 bits per heavy atom. The summed E-state index contributed by atoms with van der Waals surface area (Å²) >= 11 is 0. The molecule has 0 amide bonds. The average Bonchev–Trinajstić information content (AvgIpc) is 1.98. The number of nitriles is 1. The van der Waals surface area contributed by atoms with E-state index in [0.717, 1.165) is 0 Å². The van der Waals surface area contributed by atoms with Gasteiger partial charge in [0.1, 0.15) is 0 Å². The summed E-state index contributed by atoms with van der Waals surface area (Å²) in [6.07, 6.45) is 9.14. The summed E-state index contributed by atoms with van der Waals surface area (Å²) in [7, 11) is 0. The van der Waals surface area contributed by atoms with Crippen LogP contribution in [0.4, 0.5) is 0 Å². The molecule has 0 aliphatic heterocycles. The molecule has 0 bridgehead atoms. The number of rotatable bonds is 2. The van der Waals surface area contributed by atoms with Crippen molar-refractivity contribution in [3.05, 3.63) is 36.0 Å². The van der Waals surface area contributed by atoms with Crippen LogP contribution in [0, 0.1) is 11.3 Å². The molecule has 0 aliphatic carbocycles. The molecule has 0 aliphatic rings. The van der Waals surface area contributed by atoms with E-state index in [1.54, 1.807) is 12.2 Å². The maximum atomic E-state index is 8.48. The number of hydrogen-bond donors (Lipinski definition) is 0. The van der Waals surface area contributed by atoms with Gasteiger partial charge in [-0.15, -0.1) is 0 Å². The minimum Gasteiger partial charge on any atom is -0.192 e. The highest BCUT2D eigenvalue weighted by molar-refractivity contribution is 5.35. The maximum absolute atomic E-state index is 8.48. The molecule has 0 spiro atoms. The fourth-order valence-electron chi connectivity index (χ4n) is 0.510. The maximum Gasteiger partial charge on any atom is 0.0991 e. The van der Waals surface area contributed by atoms with Crippen LogP contribution >= 0.6 is 0 Å². The van der Waals surface area contributed by atoms with E-state index >= 15 is 0 Å². The number of nitrogens with zero attached hydrogens (tertiary/aromatic N) is 1. The van der Waals surface area contributed by atoms with Gasteiger partial charge in [0.15, 0.2) is 0 Å². The van der Waals surface area contributed by atoms with Crippen LogP contribution in [0.25, 0.3) is 0 Å². The molecule has 0 unspecified atom stereocenters. The monoisotopic (exact) mass is 133 g/mol. The van der Waals surface area contributed by atoms with Crippen molar-refractivity contribution in [1.29, 1.82) is 5.26 Å². The van der Waals surface area contributed by atoms with Crippen LogP contribution in [-0.4, -0.2) is 0 Å². The first kappa shape index (κ1) is 8.71. The van der Waals surface area contributed by atoms with Gasteiger partial charge in [-0.1, -0.05) is 18.2 Å². The summed E-state index contributed by atoms with van der Waals surface area (Å²) in [5, 5.41) is 8.48. The van der Waals surface area contributed by atoms with E-state index in [2.05, 4.69) is 6.07 Å². The first-order valence-electron chi connectivity index (χ1n) is 3.21. The van der Waals surface area contributed by atoms with Crippen molar-refractivity contribution in [3.8, 4) is 6.07 Å². The van der Waals surface area contributed by atoms with Crippen molar-refractivity contribution in [2.45, 2.75) is 13.8 Å². The predicted octanol–water partition coefficient (Wildman–Crippen LogP) is 2.59. The molecule has 10 heavy (non-hydrogen) atoms. The quantitative estimate of drug-likeness (QED) is 0.419. The van der Waals surface area contributed by atoms with Crippen LogP contribution in [-0.2, 0) is 0 Å². The van der Waals surface area contributed by atoms with Gasteiger partial charge in [0.25, 0.3) is 0 Å². The lowest BCUT2D eigenvalue weighted by molar-refractivity contribution is 1.49. The smallest absolute Gasteiger partial charge is 0.0991 e. The second-order valence-corrected chi connectivity index (χ2v) is 1.76. The van der Waals surface area contributed by atoms with E-state index in [9.17, 15) is 0 Å². The van der Waals surface area contributed by atoms with Crippen LogP contribution < -0.4 is 0 Å². The van der Waals surface area contributed by atoms with Gasteiger partial charge in [-0.2, -0.15) is 5.26 Å². The van der Waals surface area contributed by atoms with E-state index in [-0.39, 0.29) is 0 Å². The minimum atomic E-state index is 0.681. The SMILES string of the molecule is CC=CC=C(C#N)C=CC. The summed E-state index contributed by atoms with van der Waals surface area (Å²) in [5.41, 5.74) is 0.681. The fraction of sp³-hybridized carbons (Fsp3) is 0.222. The summed E-state index contributed by atoms with van der Waals surface area (Å²) in [6.45, 7) is 3.81. The predicted molar refractivity (Wildman–Crippen MR) is 43.3 cm³/mol. The fourth-order valence-corrected chi connectivity index (χ4v) is 0.510. The molecule has 0 fully saturated rings. The summed E-state index contributed by atoms with van der Waals surface area (Å²) in [4.78, 5) is 0. The van der Waals surface area contributed by atoms with Gasteiger partial charge in [-0.3, -0.25) is 0 Å². The highest BCUT2D eigenvalue weighted by atomic mass is 14.2. The first-order valence-corrected chi connectivity index (χ1v) is 3.21. The second-order valence-electron chi connectivity index (χ2n) is 1.76. The molecule has 0 aromatic carbocycles. The number of allylic oxidation sites excluding steroid dienone is 6. The molecule has 1 nitrogen and oxygen atoms in total. The lowest BCUT2D eigenvalue weighted by atomic mass is 10.2. The second kappa shape index (κ2) is 5.84. The Bertz CT molecular complexity index is 201. The molecule has 0 N–H and O–H groups in total. The zero-order valence-corrected chi connectivity index (χ0v) is 6.33. The molecule has 0 heterocycles. The lowest BCUT2D eigenvalue weighted by Gasteiger charge is -1.80. The molecule has 52 valence electrons. The van der Waals surface area contributed by atoms with Gasteiger partial charge in [0.05, 0.1) is 11.6 Å². The minimum absolute atomic E-state index is 0.681. The zero-order chi connectivity index (χ0) is 7.82. The third kappa shape index (κ3) is 3.68. The molecule has 0 rings (SSSR count). The molecule has 0 radical (unpaired) electrons. The van der Waals surface area contributed by atoms with Crippen LogP contribution in [0.2, 0.25) is 0 Å². The standard InChI is InChI=1S/C9H11N/c1-3-5-7-9(8-10)6-4-2/h3-7H,1-2H3. The Kier molecular flexibility index (Phi) is 5.09. The molecular weight excluding hydrogens is 122 g/mol. The Morgan fingerprint density at radius 1 is 1.30 bits per heavy atom. The lowest BCUT2D eigenvalue weighted by Crippen LogP contribution is -1.67. The van der Waals surface area contributed by atoms with Crippen LogP contribution in [0.5, 0.6) is 0 Å². The van der Waals surface area contributed by atoms with Gasteiger partial charge in [-0.25, -0.2) is 0 Å². The van der Waals surface area contributed by atoms with Crippen LogP contribution in [0.15, 0.2) is 36.0 Å². The molecular formula is C9H11N. The number of hydrogen-bond acceptors (Lipinski definition) is 1. The molecule has 0 aromatic rings. The van der Waals surface area contributed by atoms with Crippen molar-refractivity contribution in [3.63, 3.8) is 0 Å². The van der Waals surface area contributed by atoms with E-state index in [1.807, 2.05) is 32.1 Å². The van der Waals surface area contributed by atoms with Gasteiger partial charge in [0.2, 0.25) is 0 Å². The van der Waals surface area contributed by atoms with Crippen molar-refractivity contribution in [1.82, 2.24) is 0 Å². The van der Waals surface area contributed by atoms with Crippen molar-refractivity contribution < 1.29 is 0 Å². The van der Waals surface area contributed by atoms with E-state index < -0.39 is 0 Å². The van der Waals surface area contributed by atoms with E-state index in [0.29, 0.717) is 5.57 Å². The van der Waals surface area contributed by atoms with Gasteiger partial charge in [0, 0.05) is 0 Å². The molecule has 1 heteroatoms. The largest absolute Gasteiger partial charge is 0.192 e. The van der Waals surface area contributed by atoms with Gasteiger partial charge in [-0.05, 0) is 26.0 Å². The summed E-state index contributed by atoms with van der Waals surface area (Å²) in [5.74, 6) is 0. The van der Waals surface area contributed by atoms with Crippen LogP contribution in [0.3, 0.4) is 0 Å².